The van der Waals surface area contributed by atoms with Gasteiger partial charge in [-0.1, -0.05) is 0 Å². The number of amides is 1. The van der Waals surface area contributed by atoms with Crippen LogP contribution in [0.15, 0.2) is 11.4 Å². The molecule has 0 spiro atoms. The quantitative estimate of drug-likeness (QED) is 0.835. The van der Waals surface area contributed by atoms with Gasteiger partial charge in [-0.05, 0) is 31.3 Å². The van der Waals surface area contributed by atoms with Crippen LogP contribution in [0.4, 0.5) is 0 Å². The minimum absolute atomic E-state index is 0.0435. The molecule has 88 valence electrons. The summed E-state index contributed by atoms with van der Waals surface area (Å²) in [6, 6.07) is 1.81. The summed E-state index contributed by atoms with van der Waals surface area (Å²) in [5, 5.41) is 8.17. The van der Waals surface area contributed by atoms with E-state index in [1.807, 2.05) is 11.4 Å². The van der Waals surface area contributed by atoms with E-state index in [1.54, 1.807) is 7.11 Å². The number of ether oxygens (including phenoxy) is 1. The fourth-order valence-corrected chi connectivity index (χ4v) is 2.63. The highest BCUT2D eigenvalue weighted by Gasteiger charge is 2.31. The van der Waals surface area contributed by atoms with E-state index in [0.717, 1.165) is 19.5 Å². The Labute approximate surface area is 99.0 Å². The fraction of sp³-hybridized carbons (Fsp3) is 0.545. The van der Waals surface area contributed by atoms with E-state index in [2.05, 4.69) is 17.6 Å². The van der Waals surface area contributed by atoms with Crippen molar-refractivity contribution in [1.29, 1.82) is 0 Å². The predicted molar refractivity (Wildman–Crippen MR) is 64.2 cm³/mol. The highest BCUT2D eigenvalue weighted by molar-refractivity contribution is 7.12. The van der Waals surface area contributed by atoms with Crippen molar-refractivity contribution >= 4 is 17.2 Å². The number of methoxy groups -OCH3 is 1. The summed E-state index contributed by atoms with van der Waals surface area (Å²) >= 11 is 1.41. The first-order chi connectivity index (χ1) is 7.64. The van der Waals surface area contributed by atoms with Crippen molar-refractivity contribution in [2.75, 3.05) is 20.2 Å². The lowest BCUT2D eigenvalue weighted by Gasteiger charge is -2.24. The van der Waals surface area contributed by atoms with Gasteiger partial charge in [0.2, 0.25) is 0 Å². The Kier molecular flexibility index (Phi) is 3.16. The summed E-state index contributed by atoms with van der Waals surface area (Å²) in [5.41, 5.74) is -0.133. The van der Waals surface area contributed by atoms with Crippen LogP contribution in [0.5, 0.6) is 5.75 Å². The standard InChI is InChI=1S/C11H16N2O2S/c1-11(4-5-12-7-11)13-10(14)9-8(15-2)3-6-16-9/h3,6,12H,4-5,7H2,1-2H3,(H,13,14). The first kappa shape index (κ1) is 11.4. The van der Waals surface area contributed by atoms with Gasteiger partial charge in [0.05, 0.1) is 12.6 Å². The van der Waals surface area contributed by atoms with Crippen LogP contribution in [0, 0.1) is 0 Å². The lowest BCUT2D eigenvalue weighted by atomic mass is 10.0. The van der Waals surface area contributed by atoms with Crippen molar-refractivity contribution in [3.63, 3.8) is 0 Å². The normalized spacial score (nSPS) is 24.4. The zero-order valence-corrected chi connectivity index (χ0v) is 10.3. The van der Waals surface area contributed by atoms with Crippen LogP contribution in [-0.4, -0.2) is 31.6 Å². The van der Waals surface area contributed by atoms with Crippen molar-refractivity contribution in [3.05, 3.63) is 16.3 Å². The molecule has 1 saturated heterocycles. The van der Waals surface area contributed by atoms with Crippen LogP contribution in [0.2, 0.25) is 0 Å². The molecule has 0 saturated carbocycles. The average molecular weight is 240 g/mol. The monoisotopic (exact) mass is 240 g/mol. The van der Waals surface area contributed by atoms with Gasteiger partial charge in [-0.25, -0.2) is 0 Å². The molecule has 0 aliphatic carbocycles. The van der Waals surface area contributed by atoms with E-state index in [1.165, 1.54) is 11.3 Å². The molecule has 0 bridgehead atoms. The van der Waals surface area contributed by atoms with Crippen LogP contribution in [0.1, 0.15) is 23.0 Å². The third kappa shape index (κ3) is 2.20. The fourth-order valence-electron chi connectivity index (χ4n) is 1.88. The Morgan fingerprint density at radius 2 is 2.50 bits per heavy atom. The highest BCUT2D eigenvalue weighted by atomic mass is 32.1. The predicted octanol–water partition coefficient (Wildman–Crippen LogP) is 1.24. The number of thiophene rings is 1. The molecule has 2 N–H and O–H groups in total. The highest BCUT2D eigenvalue weighted by Crippen LogP contribution is 2.25. The number of rotatable bonds is 3. The van der Waals surface area contributed by atoms with Gasteiger partial charge >= 0.3 is 0 Å². The van der Waals surface area contributed by atoms with Gasteiger partial charge < -0.3 is 15.4 Å². The largest absolute Gasteiger partial charge is 0.495 e. The summed E-state index contributed by atoms with van der Waals surface area (Å²) in [7, 11) is 1.58. The molecule has 0 radical (unpaired) electrons. The number of carbonyl (C=O) groups is 1. The number of hydrogen-bond acceptors (Lipinski definition) is 4. The molecule has 2 rings (SSSR count). The van der Waals surface area contributed by atoms with Crippen molar-refractivity contribution in [2.24, 2.45) is 0 Å². The summed E-state index contributed by atoms with van der Waals surface area (Å²) in [4.78, 5) is 12.7. The van der Waals surface area contributed by atoms with Crippen LogP contribution in [-0.2, 0) is 0 Å². The third-order valence-electron chi connectivity index (χ3n) is 2.84. The van der Waals surface area contributed by atoms with Crippen LogP contribution in [0.25, 0.3) is 0 Å². The van der Waals surface area contributed by atoms with Crippen molar-refractivity contribution in [1.82, 2.24) is 10.6 Å². The molecule has 1 amide bonds. The summed E-state index contributed by atoms with van der Waals surface area (Å²) in [6.45, 7) is 3.84. The van der Waals surface area contributed by atoms with Gasteiger partial charge in [-0.3, -0.25) is 4.79 Å². The van der Waals surface area contributed by atoms with E-state index in [0.29, 0.717) is 10.6 Å². The molecule has 1 aromatic rings. The van der Waals surface area contributed by atoms with Crippen LogP contribution in [0.3, 0.4) is 0 Å². The average Bonchev–Trinajstić information content (AvgIpc) is 2.85. The molecule has 2 heterocycles. The SMILES string of the molecule is COc1ccsc1C(=O)NC1(C)CCNC1. The van der Waals surface area contributed by atoms with Gasteiger partial charge in [0.25, 0.3) is 5.91 Å². The smallest absolute Gasteiger partial charge is 0.265 e. The Morgan fingerprint density at radius 1 is 1.69 bits per heavy atom. The molecule has 1 unspecified atom stereocenters. The third-order valence-corrected chi connectivity index (χ3v) is 3.73. The maximum absolute atomic E-state index is 12.0. The zero-order chi connectivity index (χ0) is 11.6. The minimum atomic E-state index is -0.133. The van der Waals surface area contributed by atoms with E-state index in [-0.39, 0.29) is 11.4 Å². The molecule has 1 fully saturated rings. The van der Waals surface area contributed by atoms with Crippen LogP contribution >= 0.6 is 11.3 Å². The molecule has 16 heavy (non-hydrogen) atoms. The molecule has 1 atom stereocenters. The van der Waals surface area contributed by atoms with E-state index in [4.69, 9.17) is 4.74 Å². The van der Waals surface area contributed by atoms with Gasteiger partial charge in [-0.15, -0.1) is 11.3 Å². The van der Waals surface area contributed by atoms with Gasteiger partial charge in [0, 0.05) is 6.54 Å². The van der Waals surface area contributed by atoms with Gasteiger partial charge in [0.1, 0.15) is 10.6 Å². The second kappa shape index (κ2) is 4.43. The Morgan fingerprint density at radius 3 is 3.12 bits per heavy atom. The van der Waals surface area contributed by atoms with E-state index in [9.17, 15) is 4.79 Å². The molecule has 1 aromatic heterocycles. The summed E-state index contributed by atoms with van der Waals surface area (Å²) in [6.07, 6.45) is 0.965. The Bertz CT molecular complexity index is 383. The van der Waals surface area contributed by atoms with Crippen molar-refractivity contribution in [3.8, 4) is 5.75 Å². The van der Waals surface area contributed by atoms with Crippen LogP contribution < -0.4 is 15.4 Å². The molecular formula is C11H16N2O2S. The van der Waals surface area contributed by atoms with Crippen molar-refractivity contribution in [2.45, 2.75) is 18.9 Å². The number of carbonyl (C=O) groups excluding carboxylic acids is 1. The molecule has 0 aromatic carbocycles. The number of hydrogen-bond donors (Lipinski definition) is 2. The maximum Gasteiger partial charge on any atom is 0.265 e. The molecular weight excluding hydrogens is 224 g/mol. The lowest BCUT2D eigenvalue weighted by Crippen LogP contribution is -2.47. The zero-order valence-electron chi connectivity index (χ0n) is 9.50. The Balaban J connectivity index is 2.08. The second-order valence-electron chi connectivity index (χ2n) is 4.26. The first-order valence-corrected chi connectivity index (χ1v) is 6.17. The molecule has 1 aliphatic heterocycles. The first-order valence-electron chi connectivity index (χ1n) is 5.29. The molecule has 1 aliphatic rings. The van der Waals surface area contributed by atoms with Crippen molar-refractivity contribution < 1.29 is 9.53 Å². The number of nitrogens with one attached hydrogen (secondary N) is 2. The van der Waals surface area contributed by atoms with E-state index < -0.39 is 0 Å². The topological polar surface area (TPSA) is 50.4 Å². The minimum Gasteiger partial charge on any atom is -0.495 e. The lowest BCUT2D eigenvalue weighted by molar-refractivity contribution is 0.0914. The Hall–Kier alpha value is -1.07. The summed E-state index contributed by atoms with van der Waals surface area (Å²) < 4.78 is 5.14. The van der Waals surface area contributed by atoms with Gasteiger partial charge in [0.15, 0.2) is 0 Å². The maximum atomic E-state index is 12.0. The second-order valence-corrected chi connectivity index (χ2v) is 5.18. The summed E-state index contributed by atoms with van der Waals surface area (Å²) in [5.74, 6) is 0.607. The van der Waals surface area contributed by atoms with Gasteiger partial charge in [-0.2, -0.15) is 0 Å². The molecule has 4 nitrogen and oxygen atoms in total. The van der Waals surface area contributed by atoms with E-state index >= 15 is 0 Å². The molecule has 5 heteroatoms.